The number of ether oxygens (including phenoxy) is 1. The lowest BCUT2D eigenvalue weighted by Gasteiger charge is -2.12. The second kappa shape index (κ2) is 14.2. The number of methoxy groups -OCH3 is 1. The minimum absolute atomic E-state index is 0.0500. The van der Waals surface area contributed by atoms with E-state index in [0.717, 1.165) is 25.7 Å². The zero-order chi connectivity index (χ0) is 21.5. The van der Waals surface area contributed by atoms with E-state index in [2.05, 4.69) is 15.6 Å². The number of amides is 2. The fraction of sp³-hybridized carbons (Fsp3) is 0.550. The van der Waals surface area contributed by atoms with Crippen molar-refractivity contribution >= 4 is 23.5 Å². The Morgan fingerprint density at radius 2 is 1.83 bits per heavy atom. The highest BCUT2D eigenvalue weighted by Gasteiger charge is 2.14. The SMILES string of the molecule is COc1ccc(NC(=O)CCCCN=C(N)N)cc1C(=O)NCCCCCCN. The molecule has 9 nitrogen and oxygen atoms in total. The highest BCUT2D eigenvalue weighted by Crippen LogP contribution is 2.23. The second-order valence-electron chi connectivity index (χ2n) is 6.69. The van der Waals surface area contributed by atoms with E-state index in [1.165, 1.54) is 7.11 Å². The molecule has 0 aliphatic carbocycles. The highest BCUT2D eigenvalue weighted by molar-refractivity contribution is 5.99. The highest BCUT2D eigenvalue weighted by atomic mass is 16.5. The predicted molar refractivity (Wildman–Crippen MR) is 116 cm³/mol. The number of benzene rings is 1. The van der Waals surface area contributed by atoms with Gasteiger partial charge in [-0.15, -0.1) is 0 Å². The first-order chi connectivity index (χ1) is 14.0. The van der Waals surface area contributed by atoms with Gasteiger partial charge >= 0.3 is 0 Å². The summed E-state index contributed by atoms with van der Waals surface area (Å²) in [6.45, 7) is 1.77. The first-order valence-electron chi connectivity index (χ1n) is 9.99. The average molecular weight is 407 g/mol. The Balaban J connectivity index is 2.53. The van der Waals surface area contributed by atoms with E-state index in [0.29, 0.717) is 55.9 Å². The molecule has 0 saturated heterocycles. The van der Waals surface area contributed by atoms with Crippen LogP contribution in [-0.2, 0) is 4.79 Å². The summed E-state index contributed by atoms with van der Waals surface area (Å²) in [4.78, 5) is 28.5. The van der Waals surface area contributed by atoms with Gasteiger partial charge in [0.25, 0.3) is 5.91 Å². The molecule has 0 aliphatic heterocycles. The van der Waals surface area contributed by atoms with Crippen LogP contribution in [0, 0.1) is 0 Å². The van der Waals surface area contributed by atoms with Gasteiger partial charge in [-0.05, 0) is 50.4 Å². The van der Waals surface area contributed by atoms with E-state index in [4.69, 9.17) is 21.9 Å². The predicted octanol–water partition coefficient (Wildman–Crippen LogP) is 1.33. The van der Waals surface area contributed by atoms with E-state index < -0.39 is 0 Å². The quantitative estimate of drug-likeness (QED) is 0.178. The fourth-order valence-corrected chi connectivity index (χ4v) is 2.71. The zero-order valence-electron chi connectivity index (χ0n) is 17.2. The largest absolute Gasteiger partial charge is 0.496 e. The summed E-state index contributed by atoms with van der Waals surface area (Å²) in [5.41, 5.74) is 16.9. The number of nitrogens with two attached hydrogens (primary N) is 3. The molecule has 0 heterocycles. The average Bonchev–Trinajstić information content (AvgIpc) is 2.69. The molecule has 0 atom stereocenters. The number of unbranched alkanes of at least 4 members (excludes halogenated alkanes) is 4. The molecule has 0 spiro atoms. The maximum atomic E-state index is 12.5. The third kappa shape index (κ3) is 10.3. The normalized spacial score (nSPS) is 10.3. The van der Waals surface area contributed by atoms with Gasteiger partial charge in [0.1, 0.15) is 5.75 Å². The lowest BCUT2D eigenvalue weighted by molar-refractivity contribution is -0.116. The molecule has 0 aliphatic rings. The summed E-state index contributed by atoms with van der Waals surface area (Å²) >= 11 is 0. The van der Waals surface area contributed by atoms with Crippen molar-refractivity contribution in [3.8, 4) is 5.75 Å². The van der Waals surface area contributed by atoms with Gasteiger partial charge in [0.2, 0.25) is 5.91 Å². The maximum absolute atomic E-state index is 12.5. The van der Waals surface area contributed by atoms with Gasteiger partial charge in [-0.3, -0.25) is 14.6 Å². The van der Waals surface area contributed by atoms with Crippen LogP contribution in [0.3, 0.4) is 0 Å². The fourth-order valence-electron chi connectivity index (χ4n) is 2.71. The Hall–Kier alpha value is -2.81. The van der Waals surface area contributed by atoms with Crippen LogP contribution in [0.25, 0.3) is 0 Å². The Bertz CT molecular complexity index is 674. The summed E-state index contributed by atoms with van der Waals surface area (Å²) in [7, 11) is 1.51. The molecule has 0 unspecified atom stereocenters. The molecule has 8 N–H and O–H groups in total. The third-order valence-electron chi connectivity index (χ3n) is 4.25. The molecule has 9 heteroatoms. The number of carbonyl (C=O) groups excluding carboxylic acids is 2. The number of hydrogen-bond donors (Lipinski definition) is 5. The molecule has 1 rings (SSSR count). The number of aliphatic imine (C=N–C) groups is 1. The lowest BCUT2D eigenvalue weighted by atomic mass is 10.1. The maximum Gasteiger partial charge on any atom is 0.255 e. The van der Waals surface area contributed by atoms with Crippen molar-refractivity contribution in [2.45, 2.75) is 44.9 Å². The number of hydrogen-bond acceptors (Lipinski definition) is 5. The molecule has 0 bridgehead atoms. The van der Waals surface area contributed by atoms with Crippen molar-refractivity contribution in [1.82, 2.24) is 5.32 Å². The van der Waals surface area contributed by atoms with Crippen LogP contribution >= 0.6 is 0 Å². The third-order valence-corrected chi connectivity index (χ3v) is 4.25. The van der Waals surface area contributed by atoms with Gasteiger partial charge in [0.15, 0.2) is 5.96 Å². The zero-order valence-corrected chi connectivity index (χ0v) is 17.2. The molecule has 0 fully saturated rings. The molecular weight excluding hydrogens is 372 g/mol. The van der Waals surface area contributed by atoms with Crippen LogP contribution < -0.4 is 32.6 Å². The van der Waals surface area contributed by atoms with Crippen LogP contribution in [-0.4, -0.2) is 44.5 Å². The standard InChI is InChI=1S/C20H34N6O3/c1-29-17-10-9-15(26-18(27)8-4-7-13-25-20(22)23)14-16(17)19(28)24-12-6-3-2-5-11-21/h9-10,14H,2-8,11-13,21H2,1H3,(H,24,28)(H,26,27)(H4,22,23,25). The Kier molecular flexibility index (Phi) is 11.9. The van der Waals surface area contributed by atoms with Gasteiger partial charge in [-0.2, -0.15) is 0 Å². The second-order valence-corrected chi connectivity index (χ2v) is 6.69. The summed E-state index contributed by atoms with van der Waals surface area (Å²) in [5, 5.41) is 5.70. The molecule has 0 aromatic heterocycles. The summed E-state index contributed by atoms with van der Waals surface area (Å²) in [6, 6.07) is 5.00. The molecule has 2 amide bonds. The molecule has 162 valence electrons. The van der Waals surface area contributed by atoms with Crippen molar-refractivity contribution in [2.24, 2.45) is 22.2 Å². The molecule has 29 heavy (non-hydrogen) atoms. The van der Waals surface area contributed by atoms with Crippen molar-refractivity contribution in [1.29, 1.82) is 0 Å². The molecule has 0 saturated carbocycles. The van der Waals surface area contributed by atoms with Crippen molar-refractivity contribution in [3.05, 3.63) is 23.8 Å². The summed E-state index contributed by atoms with van der Waals surface area (Å²) in [5.74, 6) is 0.148. The van der Waals surface area contributed by atoms with Crippen LogP contribution in [0.1, 0.15) is 55.3 Å². The first-order valence-corrected chi connectivity index (χ1v) is 9.99. The number of nitrogens with one attached hydrogen (secondary N) is 2. The molecule has 1 aromatic carbocycles. The monoisotopic (exact) mass is 406 g/mol. The Morgan fingerprint density at radius 1 is 1.07 bits per heavy atom. The smallest absolute Gasteiger partial charge is 0.255 e. The van der Waals surface area contributed by atoms with E-state index >= 15 is 0 Å². The molecule has 1 aromatic rings. The van der Waals surface area contributed by atoms with Gasteiger partial charge in [0, 0.05) is 25.2 Å². The summed E-state index contributed by atoms with van der Waals surface area (Å²) in [6.07, 6.45) is 5.69. The minimum atomic E-state index is -0.228. The Labute approximate surface area is 172 Å². The molecule has 0 radical (unpaired) electrons. The number of rotatable bonds is 14. The first kappa shape index (κ1) is 24.2. The number of carbonyl (C=O) groups is 2. The van der Waals surface area contributed by atoms with E-state index in [9.17, 15) is 9.59 Å². The van der Waals surface area contributed by atoms with Crippen LogP contribution in [0.5, 0.6) is 5.75 Å². The van der Waals surface area contributed by atoms with Crippen LogP contribution in [0.2, 0.25) is 0 Å². The van der Waals surface area contributed by atoms with Gasteiger partial charge in [-0.1, -0.05) is 12.8 Å². The number of anilines is 1. The number of guanidine groups is 1. The van der Waals surface area contributed by atoms with Crippen molar-refractivity contribution in [3.63, 3.8) is 0 Å². The van der Waals surface area contributed by atoms with Crippen molar-refractivity contribution < 1.29 is 14.3 Å². The van der Waals surface area contributed by atoms with Gasteiger partial charge in [-0.25, -0.2) is 0 Å². The topological polar surface area (TPSA) is 158 Å². The number of nitrogens with zero attached hydrogens (tertiary/aromatic N) is 1. The molecular formula is C20H34N6O3. The summed E-state index contributed by atoms with van der Waals surface area (Å²) < 4.78 is 5.28. The van der Waals surface area contributed by atoms with Crippen LogP contribution in [0.4, 0.5) is 5.69 Å². The van der Waals surface area contributed by atoms with Crippen LogP contribution in [0.15, 0.2) is 23.2 Å². The van der Waals surface area contributed by atoms with Crippen molar-refractivity contribution in [2.75, 3.05) is 32.1 Å². The van der Waals surface area contributed by atoms with E-state index in [1.54, 1.807) is 18.2 Å². The lowest BCUT2D eigenvalue weighted by Crippen LogP contribution is -2.25. The van der Waals surface area contributed by atoms with E-state index in [-0.39, 0.29) is 17.8 Å². The van der Waals surface area contributed by atoms with Gasteiger partial charge in [0.05, 0.1) is 12.7 Å². The Morgan fingerprint density at radius 3 is 2.52 bits per heavy atom. The van der Waals surface area contributed by atoms with Gasteiger partial charge < -0.3 is 32.6 Å². The van der Waals surface area contributed by atoms with E-state index in [1.807, 2.05) is 0 Å². The minimum Gasteiger partial charge on any atom is -0.496 e.